The van der Waals surface area contributed by atoms with Crippen molar-refractivity contribution in [3.05, 3.63) is 59.4 Å². The van der Waals surface area contributed by atoms with E-state index in [9.17, 15) is 17.6 Å². The smallest absolute Gasteiger partial charge is 0.248 e. The number of anilines is 1. The molecule has 2 rings (SSSR count). The lowest BCUT2D eigenvalue weighted by molar-refractivity contribution is -0.111. The fourth-order valence-corrected chi connectivity index (χ4v) is 3.17. The molecule has 0 spiro atoms. The lowest BCUT2D eigenvalue weighted by atomic mass is 10.2. The minimum Gasteiger partial charge on any atom is -0.494 e. The first-order valence-corrected chi connectivity index (χ1v) is 9.45. The molecule has 0 atom stereocenters. The second-order valence-electron chi connectivity index (χ2n) is 5.98. The molecule has 8 heteroatoms. The van der Waals surface area contributed by atoms with Crippen LogP contribution in [0, 0.1) is 12.7 Å². The van der Waals surface area contributed by atoms with Crippen LogP contribution >= 0.6 is 0 Å². The molecule has 6 nitrogen and oxygen atoms in total. The first kappa shape index (κ1) is 20.6. The van der Waals surface area contributed by atoms with Crippen molar-refractivity contribution >= 4 is 27.7 Å². The molecule has 0 fully saturated rings. The van der Waals surface area contributed by atoms with E-state index >= 15 is 0 Å². The van der Waals surface area contributed by atoms with Gasteiger partial charge in [0, 0.05) is 25.9 Å². The molecule has 1 N–H and O–H groups in total. The SMILES string of the molecule is COc1ccc(/C=C/C(=O)Nc2cc(S(=O)(=O)N(C)C)ccc2C)cc1F. The summed E-state index contributed by atoms with van der Waals surface area (Å²) in [4.78, 5) is 12.2. The number of hydrogen-bond donors (Lipinski definition) is 1. The maximum Gasteiger partial charge on any atom is 0.248 e. The highest BCUT2D eigenvalue weighted by atomic mass is 32.2. The second kappa shape index (κ2) is 8.32. The molecule has 0 heterocycles. The average molecular weight is 392 g/mol. The molecule has 27 heavy (non-hydrogen) atoms. The lowest BCUT2D eigenvalue weighted by Crippen LogP contribution is -2.22. The van der Waals surface area contributed by atoms with Crippen LogP contribution in [0.1, 0.15) is 11.1 Å². The van der Waals surface area contributed by atoms with E-state index in [0.29, 0.717) is 16.8 Å². The molecule has 2 aromatic carbocycles. The zero-order valence-corrected chi connectivity index (χ0v) is 16.3. The summed E-state index contributed by atoms with van der Waals surface area (Å²) in [6, 6.07) is 8.83. The molecule has 0 aliphatic rings. The van der Waals surface area contributed by atoms with Crippen LogP contribution < -0.4 is 10.1 Å². The quantitative estimate of drug-likeness (QED) is 0.767. The molecule has 0 radical (unpaired) electrons. The van der Waals surface area contributed by atoms with Gasteiger partial charge in [-0.1, -0.05) is 12.1 Å². The summed E-state index contributed by atoms with van der Waals surface area (Å²) < 4.78 is 44.1. The molecule has 0 aliphatic carbocycles. The number of hydrogen-bond acceptors (Lipinski definition) is 4. The number of halogens is 1. The molecule has 1 amide bonds. The van der Waals surface area contributed by atoms with E-state index in [-0.39, 0.29) is 10.6 Å². The summed E-state index contributed by atoms with van der Waals surface area (Å²) in [5.41, 5.74) is 1.59. The number of amides is 1. The Hall–Kier alpha value is -2.71. The van der Waals surface area contributed by atoms with Crippen LogP contribution in [0.5, 0.6) is 5.75 Å². The summed E-state index contributed by atoms with van der Waals surface area (Å²) in [6.45, 7) is 1.75. The Balaban J connectivity index is 2.19. The van der Waals surface area contributed by atoms with Crippen molar-refractivity contribution in [1.82, 2.24) is 4.31 Å². The fourth-order valence-electron chi connectivity index (χ4n) is 2.24. The van der Waals surface area contributed by atoms with Crippen LogP contribution in [-0.2, 0) is 14.8 Å². The van der Waals surface area contributed by atoms with Gasteiger partial charge in [0.1, 0.15) is 0 Å². The third-order valence-electron chi connectivity index (χ3n) is 3.85. The van der Waals surface area contributed by atoms with Crippen molar-refractivity contribution in [3.63, 3.8) is 0 Å². The summed E-state index contributed by atoms with van der Waals surface area (Å²) in [7, 11) is 0.631. The van der Waals surface area contributed by atoms with Crippen molar-refractivity contribution in [3.8, 4) is 5.75 Å². The Morgan fingerprint density at radius 2 is 1.89 bits per heavy atom. The molecule has 0 aromatic heterocycles. The number of nitrogens with one attached hydrogen (secondary N) is 1. The van der Waals surface area contributed by atoms with Gasteiger partial charge < -0.3 is 10.1 Å². The van der Waals surface area contributed by atoms with E-state index in [1.54, 1.807) is 19.1 Å². The van der Waals surface area contributed by atoms with Gasteiger partial charge in [-0.3, -0.25) is 4.79 Å². The molecule has 144 valence electrons. The number of carbonyl (C=O) groups is 1. The van der Waals surface area contributed by atoms with Crippen molar-refractivity contribution in [2.24, 2.45) is 0 Å². The number of sulfonamides is 1. The number of carbonyl (C=O) groups excluding carboxylic acids is 1. The number of nitrogens with zero attached hydrogens (tertiary/aromatic N) is 1. The van der Waals surface area contributed by atoms with Crippen molar-refractivity contribution in [2.75, 3.05) is 26.5 Å². The van der Waals surface area contributed by atoms with Crippen molar-refractivity contribution < 1.29 is 22.3 Å². The van der Waals surface area contributed by atoms with Gasteiger partial charge in [-0.15, -0.1) is 0 Å². The standard InChI is InChI=1S/C19H21FN2O4S/c1-13-5-8-15(27(24,25)22(2)3)12-17(13)21-19(23)10-7-14-6-9-18(26-4)16(20)11-14/h5-12H,1-4H3,(H,21,23)/b10-7+. The molecular weight excluding hydrogens is 371 g/mol. The zero-order valence-electron chi connectivity index (χ0n) is 15.5. The zero-order chi connectivity index (χ0) is 20.2. The van der Waals surface area contributed by atoms with Crippen molar-refractivity contribution in [1.29, 1.82) is 0 Å². The maximum atomic E-state index is 13.7. The monoisotopic (exact) mass is 392 g/mol. The number of methoxy groups -OCH3 is 1. The highest BCUT2D eigenvalue weighted by molar-refractivity contribution is 7.89. The molecule has 0 bridgehead atoms. The largest absolute Gasteiger partial charge is 0.494 e. The van der Waals surface area contributed by atoms with Gasteiger partial charge in [-0.2, -0.15) is 0 Å². The predicted molar refractivity (Wildman–Crippen MR) is 103 cm³/mol. The van der Waals surface area contributed by atoms with Gasteiger partial charge in [0.25, 0.3) is 0 Å². The van der Waals surface area contributed by atoms with Crippen molar-refractivity contribution in [2.45, 2.75) is 11.8 Å². The highest BCUT2D eigenvalue weighted by Gasteiger charge is 2.18. The van der Waals surface area contributed by atoms with E-state index in [1.165, 1.54) is 57.6 Å². The Morgan fingerprint density at radius 1 is 1.19 bits per heavy atom. The van der Waals surface area contributed by atoms with Crippen LogP contribution in [0.4, 0.5) is 10.1 Å². The topological polar surface area (TPSA) is 75.7 Å². The molecule has 0 saturated heterocycles. The minimum atomic E-state index is -3.61. The molecule has 0 saturated carbocycles. The van der Waals surface area contributed by atoms with E-state index in [1.807, 2.05) is 0 Å². The molecular formula is C19H21FN2O4S. The summed E-state index contributed by atoms with van der Waals surface area (Å²) >= 11 is 0. The van der Waals surface area contributed by atoms with Crippen LogP contribution in [0.15, 0.2) is 47.4 Å². The minimum absolute atomic E-state index is 0.0783. The third-order valence-corrected chi connectivity index (χ3v) is 5.66. The van der Waals surface area contributed by atoms with Gasteiger partial charge in [0.05, 0.1) is 12.0 Å². The molecule has 2 aromatic rings. The summed E-state index contributed by atoms with van der Waals surface area (Å²) in [5, 5.41) is 2.64. The molecule has 0 unspecified atom stereocenters. The third kappa shape index (κ3) is 4.93. The Labute approximate surface area is 158 Å². The highest BCUT2D eigenvalue weighted by Crippen LogP contribution is 2.22. The van der Waals surface area contributed by atoms with E-state index in [0.717, 1.165) is 4.31 Å². The number of ether oxygens (including phenoxy) is 1. The lowest BCUT2D eigenvalue weighted by Gasteiger charge is -2.14. The van der Waals surface area contributed by atoms with Gasteiger partial charge >= 0.3 is 0 Å². The fraction of sp³-hybridized carbons (Fsp3) is 0.211. The van der Waals surface area contributed by atoms with E-state index < -0.39 is 21.7 Å². The van der Waals surface area contributed by atoms with Gasteiger partial charge in [-0.25, -0.2) is 17.1 Å². The first-order valence-electron chi connectivity index (χ1n) is 8.01. The van der Waals surface area contributed by atoms with Crippen LogP contribution in [0.25, 0.3) is 6.08 Å². The van der Waals surface area contributed by atoms with E-state index in [4.69, 9.17) is 4.74 Å². The van der Waals surface area contributed by atoms with Gasteiger partial charge in [-0.05, 0) is 48.4 Å². The van der Waals surface area contributed by atoms with Crippen LogP contribution in [0.2, 0.25) is 0 Å². The predicted octanol–water partition coefficient (Wildman–Crippen LogP) is 3.04. The second-order valence-corrected chi connectivity index (χ2v) is 8.13. The molecule has 0 aliphatic heterocycles. The van der Waals surface area contributed by atoms with Gasteiger partial charge in [0.2, 0.25) is 15.9 Å². The maximum absolute atomic E-state index is 13.7. The summed E-state index contributed by atoms with van der Waals surface area (Å²) in [6.07, 6.45) is 2.70. The number of rotatable bonds is 6. The van der Waals surface area contributed by atoms with Crippen LogP contribution in [-0.4, -0.2) is 39.8 Å². The Morgan fingerprint density at radius 3 is 2.48 bits per heavy atom. The average Bonchev–Trinajstić information content (AvgIpc) is 2.61. The number of aryl methyl sites for hydroxylation is 1. The Kier molecular flexibility index (Phi) is 6.35. The van der Waals surface area contributed by atoms with E-state index in [2.05, 4.69) is 5.32 Å². The van der Waals surface area contributed by atoms with Gasteiger partial charge in [0.15, 0.2) is 11.6 Å². The normalized spacial score (nSPS) is 11.8. The Bertz CT molecular complexity index is 985. The first-order chi connectivity index (χ1) is 12.6. The van der Waals surface area contributed by atoms with Crippen LogP contribution in [0.3, 0.4) is 0 Å². The summed E-state index contributed by atoms with van der Waals surface area (Å²) in [5.74, 6) is -0.877. The number of benzene rings is 2.